The highest BCUT2D eigenvalue weighted by molar-refractivity contribution is 7.91. The summed E-state index contributed by atoms with van der Waals surface area (Å²) < 4.78 is 27.8. The molecule has 168 valence electrons. The minimum Gasteiger partial charge on any atom is -0.347 e. The van der Waals surface area contributed by atoms with E-state index < -0.39 is 21.3 Å². The van der Waals surface area contributed by atoms with Gasteiger partial charge in [0.05, 0.1) is 22.0 Å². The number of hydrogen-bond donors (Lipinski definition) is 1. The van der Waals surface area contributed by atoms with Crippen molar-refractivity contribution < 1.29 is 8.42 Å². The molecule has 2 heterocycles. The first kappa shape index (κ1) is 21.6. The molecule has 1 aliphatic carbocycles. The molecule has 3 aromatic rings. The van der Waals surface area contributed by atoms with E-state index in [1.165, 1.54) is 18.3 Å². The van der Waals surface area contributed by atoms with Crippen LogP contribution in [0.15, 0.2) is 65.8 Å². The van der Waals surface area contributed by atoms with Crippen LogP contribution in [0.1, 0.15) is 47.9 Å². The number of fused-ring (bicyclic) bond motifs is 1. The standard InChI is InChI=1S/C26H26N4O2S/c1-27-26-25(33(31,32)21-15-9-4-10-16-21)23-24(30(26)17-19-11-5-2-6-12-19)22(28-18-29-23)20-13-7-3-8-14-20/h4-5,9-13,15-16,18,25-27H,3,7-8,14,17H2,1H3. The maximum absolute atomic E-state index is 13.9. The van der Waals surface area contributed by atoms with Crippen molar-refractivity contribution in [1.82, 2.24) is 15.3 Å². The van der Waals surface area contributed by atoms with Crippen molar-refractivity contribution in [3.05, 3.63) is 90.0 Å². The van der Waals surface area contributed by atoms with E-state index in [4.69, 9.17) is 0 Å². The van der Waals surface area contributed by atoms with E-state index in [2.05, 4.69) is 38.4 Å². The third-order valence-corrected chi connectivity index (χ3v) is 8.48. The highest BCUT2D eigenvalue weighted by atomic mass is 32.2. The van der Waals surface area contributed by atoms with E-state index >= 15 is 0 Å². The molecule has 5 rings (SSSR count). The first-order chi connectivity index (χ1) is 16.1. The fourth-order valence-electron chi connectivity index (χ4n) is 4.86. The molecule has 0 radical (unpaired) electrons. The van der Waals surface area contributed by atoms with Gasteiger partial charge in [-0.25, -0.2) is 18.4 Å². The Morgan fingerprint density at radius 3 is 2.67 bits per heavy atom. The molecule has 0 spiro atoms. The Kier molecular flexibility index (Phi) is 5.88. The molecule has 0 saturated heterocycles. The molecule has 1 aromatic heterocycles. The van der Waals surface area contributed by atoms with Gasteiger partial charge in [0.1, 0.15) is 17.7 Å². The van der Waals surface area contributed by atoms with Crippen LogP contribution in [0.25, 0.3) is 5.57 Å². The average Bonchev–Trinajstić information content (AvgIpc) is 3.20. The lowest BCUT2D eigenvalue weighted by atomic mass is 9.95. The molecule has 2 aliphatic rings. The molecule has 6 nitrogen and oxygen atoms in total. The Morgan fingerprint density at radius 2 is 1.97 bits per heavy atom. The van der Waals surface area contributed by atoms with Crippen molar-refractivity contribution >= 4 is 21.1 Å². The Balaban J connectivity index is 1.69. The summed E-state index contributed by atoms with van der Waals surface area (Å²) in [6.45, 7) is 0.512. The second kappa shape index (κ2) is 8.97. The highest BCUT2D eigenvalue weighted by Gasteiger charge is 2.48. The molecule has 0 fully saturated rings. The van der Waals surface area contributed by atoms with Gasteiger partial charge in [0, 0.05) is 6.54 Å². The molecular weight excluding hydrogens is 432 g/mol. The number of sulfone groups is 1. The minimum absolute atomic E-state index is 0.294. The SMILES string of the molecule is CNC1C(S(=O)(=O)c2ccccc2)c2ncnc(C3=CCCCC3)c2N1Cc1cc#ccc1. The van der Waals surface area contributed by atoms with Crippen molar-refractivity contribution in [1.29, 1.82) is 0 Å². The Hall–Kier alpha value is -3.21. The van der Waals surface area contributed by atoms with Crippen molar-refractivity contribution in [2.75, 3.05) is 11.9 Å². The van der Waals surface area contributed by atoms with Crippen LogP contribution >= 0.6 is 0 Å². The smallest absolute Gasteiger partial charge is 0.190 e. The summed E-state index contributed by atoms with van der Waals surface area (Å²) in [7, 11) is -1.91. The number of aromatic nitrogens is 2. The number of benzene rings is 1. The Labute approximate surface area is 195 Å². The number of nitrogens with zero attached hydrogens (tertiary/aromatic N) is 3. The summed E-state index contributed by atoms with van der Waals surface area (Å²) in [5, 5.41) is 2.42. The number of hydrogen-bond acceptors (Lipinski definition) is 6. The fourth-order valence-corrected chi connectivity index (χ4v) is 6.77. The van der Waals surface area contributed by atoms with Crippen LogP contribution in [0, 0.1) is 12.1 Å². The van der Waals surface area contributed by atoms with Crippen LogP contribution in [-0.4, -0.2) is 31.6 Å². The number of anilines is 1. The lowest BCUT2D eigenvalue weighted by Gasteiger charge is -2.30. The average molecular weight is 459 g/mol. The summed E-state index contributed by atoms with van der Waals surface area (Å²) >= 11 is 0. The van der Waals surface area contributed by atoms with Gasteiger partial charge in [-0.15, -0.1) is 0 Å². The molecule has 0 saturated carbocycles. The van der Waals surface area contributed by atoms with Gasteiger partial charge in [-0.3, -0.25) is 5.32 Å². The van der Waals surface area contributed by atoms with Gasteiger partial charge in [0.25, 0.3) is 0 Å². The lowest BCUT2D eigenvalue weighted by Crippen LogP contribution is -2.45. The van der Waals surface area contributed by atoms with Crippen molar-refractivity contribution in [3.63, 3.8) is 0 Å². The van der Waals surface area contributed by atoms with E-state index in [1.807, 2.05) is 24.3 Å². The summed E-state index contributed by atoms with van der Waals surface area (Å²) in [5.41, 5.74) is 4.40. The second-order valence-electron chi connectivity index (χ2n) is 8.41. The van der Waals surface area contributed by atoms with Gasteiger partial charge >= 0.3 is 0 Å². The number of rotatable bonds is 6. The zero-order valence-electron chi connectivity index (χ0n) is 18.5. The summed E-state index contributed by atoms with van der Waals surface area (Å²) in [6, 6.07) is 20.3. The van der Waals surface area contributed by atoms with Gasteiger partial charge in [-0.1, -0.05) is 36.4 Å². The predicted molar refractivity (Wildman–Crippen MR) is 128 cm³/mol. The predicted octanol–water partition coefficient (Wildman–Crippen LogP) is 4.12. The minimum atomic E-state index is -3.71. The molecule has 2 atom stereocenters. The van der Waals surface area contributed by atoms with Gasteiger partial charge in [-0.2, -0.15) is 0 Å². The van der Waals surface area contributed by atoms with Crippen LogP contribution in [0.3, 0.4) is 0 Å². The Morgan fingerprint density at radius 1 is 1.12 bits per heavy atom. The molecule has 1 aliphatic heterocycles. The molecule has 7 heteroatoms. The number of allylic oxidation sites excluding steroid dienone is 2. The van der Waals surface area contributed by atoms with Gasteiger partial charge in [0.15, 0.2) is 9.84 Å². The number of likely N-dealkylation sites (N-methyl/N-ethyl adjacent to an activating group) is 1. The summed E-state index contributed by atoms with van der Waals surface area (Å²) in [5.74, 6) is 0. The highest BCUT2D eigenvalue weighted by Crippen LogP contribution is 2.48. The van der Waals surface area contributed by atoms with Gasteiger partial charge in [0.2, 0.25) is 0 Å². The quantitative estimate of drug-likeness (QED) is 0.599. The fraction of sp³-hybridized carbons (Fsp3) is 0.308. The van der Waals surface area contributed by atoms with E-state index in [1.54, 1.807) is 31.3 Å². The van der Waals surface area contributed by atoms with E-state index in [0.29, 0.717) is 17.1 Å². The van der Waals surface area contributed by atoms with Gasteiger partial charge in [-0.05, 0) is 74.2 Å². The first-order valence-corrected chi connectivity index (χ1v) is 12.8. The molecule has 33 heavy (non-hydrogen) atoms. The van der Waals surface area contributed by atoms with Gasteiger partial charge < -0.3 is 4.90 Å². The van der Waals surface area contributed by atoms with E-state index in [-0.39, 0.29) is 0 Å². The Bertz CT molecular complexity index is 1260. The lowest BCUT2D eigenvalue weighted by molar-refractivity contribution is 0.504. The molecule has 2 unspecified atom stereocenters. The zero-order chi connectivity index (χ0) is 22.8. The van der Waals surface area contributed by atoms with Crippen LogP contribution in [0.5, 0.6) is 0 Å². The van der Waals surface area contributed by atoms with Crippen molar-refractivity contribution in [3.8, 4) is 0 Å². The molecular formula is C26H26N4O2S. The molecule has 0 bridgehead atoms. The van der Waals surface area contributed by atoms with E-state index in [0.717, 1.165) is 36.2 Å². The summed E-state index contributed by atoms with van der Waals surface area (Å²) in [4.78, 5) is 11.6. The maximum Gasteiger partial charge on any atom is 0.190 e. The van der Waals surface area contributed by atoms with Crippen LogP contribution in [-0.2, 0) is 16.4 Å². The summed E-state index contributed by atoms with van der Waals surface area (Å²) in [6.07, 6.45) is 7.48. The van der Waals surface area contributed by atoms with Crippen LogP contribution < -0.4 is 10.2 Å². The van der Waals surface area contributed by atoms with Crippen LogP contribution in [0.2, 0.25) is 0 Å². The molecule has 2 aromatic carbocycles. The maximum atomic E-state index is 13.9. The normalized spacial score (nSPS) is 20.2. The van der Waals surface area contributed by atoms with Crippen molar-refractivity contribution in [2.24, 2.45) is 0 Å². The zero-order valence-corrected chi connectivity index (χ0v) is 19.3. The van der Waals surface area contributed by atoms with Crippen molar-refractivity contribution in [2.45, 2.75) is 48.5 Å². The topological polar surface area (TPSA) is 75.2 Å². The third-order valence-electron chi connectivity index (χ3n) is 6.40. The molecule has 1 N–H and O–H groups in total. The molecule has 0 amide bonds. The number of nitrogens with one attached hydrogen (secondary N) is 1. The monoisotopic (exact) mass is 458 g/mol. The third kappa shape index (κ3) is 3.90. The second-order valence-corrected chi connectivity index (χ2v) is 10.5. The first-order valence-electron chi connectivity index (χ1n) is 11.2. The van der Waals surface area contributed by atoms with Crippen LogP contribution in [0.4, 0.5) is 5.69 Å². The largest absolute Gasteiger partial charge is 0.347 e. The van der Waals surface area contributed by atoms with E-state index in [9.17, 15) is 8.42 Å².